The van der Waals surface area contributed by atoms with Crippen molar-refractivity contribution in [3.63, 3.8) is 0 Å². The standard InChI is InChI=1S/C19H17N5O4/c1-2-20-18(25)13-6-8-14(9-7-13)21-19(26)17-10-11-23(22-17)15-4-3-5-16(12-15)24(27)28/h3-12H,2H2,1H3,(H,20,25)(H,21,26). The molecule has 2 aromatic carbocycles. The van der Waals surface area contributed by atoms with Gasteiger partial charge in [-0.25, -0.2) is 4.68 Å². The maximum Gasteiger partial charge on any atom is 0.276 e. The summed E-state index contributed by atoms with van der Waals surface area (Å²) in [5.74, 6) is -0.619. The molecule has 0 saturated carbocycles. The van der Waals surface area contributed by atoms with Gasteiger partial charge in [-0.2, -0.15) is 5.10 Å². The van der Waals surface area contributed by atoms with Crippen LogP contribution in [-0.4, -0.2) is 33.1 Å². The van der Waals surface area contributed by atoms with Gasteiger partial charge in [-0.3, -0.25) is 19.7 Å². The van der Waals surface area contributed by atoms with Crippen LogP contribution >= 0.6 is 0 Å². The number of carbonyl (C=O) groups is 2. The number of benzene rings is 2. The molecule has 2 amide bonds. The lowest BCUT2D eigenvalue weighted by molar-refractivity contribution is -0.384. The van der Waals surface area contributed by atoms with Gasteiger partial charge in [0.2, 0.25) is 0 Å². The molecule has 0 aliphatic carbocycles. The van der Waals surface area contributed by atoms with Crippen molar-refractivity contribution >= 4 is 23.2 Å². The van der Waals surface area contributed by atoms with E-state index in [4.69, 9.17) is 0 Å². The summed E-state index contributed by atoms with van der Waals surface area (Å²) in [4.78, 5) is 34.5. The zero-order valence-electron chi connectivity index (χ0n) is 15.0. The number of amides is 2. The van der Waals surface area contributed by atoms with Gasteiger partial charge < -0.3 is 10.6 Å². The molecular weight excluding hydrogens is 362 g/mol. The van der Waals surface area contributed by atoms with Crippen LogP contribution in [0.25, 0.3) is 5.69 Å². The third kappa shape index (κ3) is 4.21. The lowest BCUT2D eigenvalue weighted by Gasteiger charge is -2.06. The monoisotopic (exact) mass is 379 g/mol. The molecule has 28 heavy (non-hydrogen) atoms. The number of rotatable bonds is 6. The van der Waals surface area contributed by atoms with Crippen LogP contribution in [0.4, 0.5) is 11.4 Å². The Morgan fingerprint density at radius 1 is 1.11 bits per heavy atom. The average Bonchev–Trinajstić information content (AvgIpc) is 3.19. The fourth-order valence-corrected chi connectivity index (χ4v) is 2.50. The minimum Gasteiger partial charge on any atom is -0.352 e. The predicted octanol–water partition coefficient (Wildman–Crippen LogP) is 2.78. The molecule has 9 nitrogen and oxygen atoms in total. The number of carbonyl (C=O) groups excluding carboxylic acids is 2. The summed E-state index contributed by atoms with van der Waals surface area (Å²) in [5, 5.41) is 20.4. The number of anilines is 1. The Labute approximate surface area is 160 Å². The molecule has 0 radical (unpaired) electrons. The molecule has 1 heterocycles. The molecule has 3 rings (SSSR count). The smallest absolute Gasteiger partial charge is 0.276 e. The van der Waals surface area contributed by atoms with E-state index in [0.717, 1.165) is 0 Å². The molecule has 2 N–H and O–H groups in total. The number of aromatic nitrogens is 2. The van der Waals surface area contributed by atoms with Gasteiger partial charge in [0.05, 0.1) is 10.6 Å². The maximum atomic E-state index is 12.4. The first-order valence-corrected chi connectivity index (χ1v) is 8.48. The summed E-state index contributed by atoms with van der Waals surface area (Å²) in [6.07, 6.45) is 1.55. The van der Waals surface area contributed by atoms with Crippen LogP contribution in [0.5, 0.6) is 0 Å². The van der Waals surface area contributed by atoms with E-state index in [9.17, 15) is 19.7 Å². The van der Waals surface area contributed by atoms with Gasteiger partial charge in [0.25, 0.3) is 17.5 Å². The lowest BCUT2D eigenvalue weighted by Crippen LogP contribution is -2.22. The largest absolute Gasteiger partial charge is 0.352 e. The van der Waals surface area contributed by atoms with Crippen molar-refractivity contribution in [2.24, 2.45) is 0 Å². The zero-order chi connectivity index (χ0) is 20.1. The van der Waals surface area contributed by atoms with Crippen molar-refractivity contribution in [3.8, 4) is 5.69 Å². The lowest BCUT2D eigenvalue weighted by atomic mass is 10.2. The molecule has 0 atom stereocenters. The summed E-state index contributed by atoms with van der Waals surface area (Å²) in [7, 11) is 0. The summed E-state index contributed by atoms with van der Waals surface area (Å²) < 4.78 is 1.39. The summed E-state index contributed by atoms with van der Waals surface area (Å²) >= 11 is 0. The van der Waals surface area contributed by atoms with Crippen molar-refractivity contribution in [1.82, 2.24) is 15.1 Å². The second-order valence-electron chi connectivity index (χ2n) is 5.81. The maximum absolute atomic E-state index is 12.4. The van der Waals surface area contributed by atoms with Gasteiger partial charge in [-0.05, 0) is 43.3 Å². The van der Waals surface area contributed by atoms with Gasteiger partial charge in [-0.1, -0.05) is 6.07 Å². The number of hydrogen-bond donors (Lipinski definition) is 2. The third-order valence-electron chi connectivity index (χ3n) is 3.87. The number of nitrogens with zero attached hydrogens (tertiary/aromatic N) is 3. The van der Waals surface area contributed by atoms with Gasteiger partial charge >= 0.3 is 0 Å². The van der Waals surface area contributed by atoms with Crippen LogP contribution in [0.2, 0.25) is 0 Å². The van der Waals surface area contributed by atoms with E-state index < -0.39 is 10.8 Å². The third-order valence-corrected chi connectivity index (χ3v) is 3.87. The zero-order valence-corrected chi connectivity index (χ0v) is 15.0. The quantitative estimate of drug-likeness (QED) is 0.504. The van der Waals surface area contributed by atoms with E-state index in [1.165, 1.54) is 22.9 Å². The highest BCUT2D eigenvalue weighted by atomic mass is 16.6. The van der Waals surface area contributed by atoms with E-state index in [0.29, 0.717) is 23.5 Å². The molecule has 3 aromatic rings. The highest BCUT2D eigenvalue weighted by Crippen LogP contribution is 2.17. The van der Waals surface area contributed by atoms with Crippen LogP contribution < -0.4 is 10.6 Å². The summed E-state index contributed by atoms with van der Waals surface area (Å²) in [6, 6.07) is 13.9. The minimum atomic E-state index is -0.495. The molecule has 0 bridgehead atoms. The van der Waals surface area contributed by atoms with E-state index in [2.05, 4.69) is 15.7 Å². The minimum absolute atomic E-state index is 0.0637. The summed E-state index contributed by atoms with van der Waals surface area (Å²) in [6.45, 7) is 2.36. The van der Waals surface area contributed by atoms with Crippen molar-refractivity contribution < 1.29 is 14.5 Å². The van der Waals surface area contributed by atoms with Crippen LogP contribution in [0.1, 0.15) is 27.8 Å². The molecule has 1 aromatic heterocycles. The average molecular weight is 379 g/mol. The van der Waals surface area contributed by atoms with E-state index in [1.807, 2.05) is 6.92 Å². The fourth-order valence-electron chi connectivity index (χ4n) is 2.50. The Morgan fingerprint density at radius 2 is 1.86 bits per heavy atom. The van der Waals surface area contributed by atoms with Gasteiger partial charge in [0.15, 0.2) is 5.69 Å². The number of nitrogens with one attached hydrogen (secondary N) is 2. The van der Waals surface area contributed by atoms with Gasteiger partial charge in [-0.15, -0.1) is 0 Å². The van der Waals surface area contributed by atoms with E-state index in [1.54, 1.807) is 42.6 Å². The first kappa shape index (κ1) is 18.8. The summed E-state index contributed by atoms with van der Waals surface area (Å²) in [5.41, 5.74) is 1.57. The van der Waals surface area contributed by atoms with Crippen LogP contribution in [0.15, 0.2) is 60.8 Å². The SMILES string of the molecule is CCNC(=O)c1ccc(NC(=O)c2ccn(-c3cccc([N+](=O)[O-])c3)n2)cc1. The topological polar surface area (TPSA) is 119 Å². The number of non-ortho nitro benzene ring substituents is 1. The molecule has 0 unspecified atom stereocenters. The Hall–Kier alpha value is -4.01. The highest BCUT2D eigenvalue weighted by Gasteiger charge is 2.13. The van der Waals surface area contributed by atoms with Crippen LogP contribution in [0.3, 0.4) is 0 Å². The fraction of sp³-hybridized carbons (Fsp3) is 0.105. The van der Waals surface area contributed by atoms with Gasteiger partial charge in [0, 0.05) is 36.1 Å². The second kappa shape index (κ2) is 8.12. The molecule has 0 spiro atoms. The Bertz CT molecular complexity index is 1030. The molecule has 0 aliphatic rings. The number of nitro groups is 1. The number of nitro benzene ring substituents is 1. The second-order valence-corrected chi connectivity index (χ2v) is 5.81. The van der Waals surface area contributed by atoms with Crippen molar-refractivity contribution in [2.75, 3.05) is 11.9 Å². The first-order chi connectivity index (χ1) is 13.5. The molecule has 0 fully saturated rings. The molecule has 142 valence electrons. The molecule has 0 aliphatic heterocycles. The predicted molar refractivity (Wildman–Crippen MR) is 103 cm³/mol. The molecule has 9 heteroatoms. The van der Waals surface area contributed by atoms with Crippen LogP contribution in [0, 0.1) is 10.1 Å². The Kier molecular flexibility index (Phi) is 5.45. The van der Waals surface area contributed by atoms with Crippen molar-refractivity contribution in [2.45, 2.75) is 6.92 Å². The molecule has 0 saturated heterocycles. The number of hydrogen-bond acceptors (Lipinski definition) is 5. The van der Waals surface area contributed by atoms with Crippen LogP contribution in [-0.2, 0) is 0 Å². The Morgan fingerprint density at radius 3 is 2.54 bits per heavy atom. The van der Waals surface area contributed by atoms with Crippen molar-refractivity contribution in [1.29, 1.82) is 0 Å². The van der Waals surface area contributed by atoms with Crippen molar-refractivity contribution in [3.05, 3.63) is 82.2 Å². The Balaban J connectivity index is 1.71. The first-order valence-electron chi connectivity index (χ1n) is 8.48. The van der Waals surface area contributed by atoms with E-state index >= 15 is 0 Å². The highest BCUT2D eigenvalue weighted by molar-refractivity contribution is 6.03. The normalized spacial score (nSPS) is 10.3. The molecular formula is C19H17N5O4. The van der Waals surface area contributed by atoms with Gasteiger partial charge in [0.1, 0.15) is 0 Å². The van der Waals surface area contributed by atoms with E-state index in [-0.39, 0.29) is 17.3 Å².